The second-order valence-corrected chi connectivity index (χ2v) is 14.7. The van der Waals surface area contributed by atoms with Gasteiger partial charge in [-0.15, -0.1) is 11.8 Å². The van der Waals surface area contributed by atoms with Crippen molar-refractivity contribution in [2.24, 2.45) is 17.8 Å². The zero-order valence-electron chi connectivity index (χ0n) is 15.5. The first kappa shape index (κ1) is 17.6. The Kier molecular flexibility index (Phi) is 4.80. The number of rotatable bonds is 3. The van der Waals surface area contributed by atoms with E-state index in [9.17, 15) is 0 Å². The monoisotopic (exact) mass is 325 g/mol. The predicted octanol–water partition coefficient (Wildman–Crippen LogP) is 5.60. The maximum absolute atomic E-state index is 2.87. The van der Waals surface area contributed by atoms with Crippen LogP contribution in [0.5, 0.6) is 0 Å². The molecular weight excluding hydrogens is 290 g/mol. The molecule has 0 bridgehead atoms. The first-order chi connectivity index (χ1) is 9.51. The van der Waals surface area contributed by atoms with Gasteiger partial charge in [0, 0.05) is 10.8 Å². The van der Waals surface area contributed by atoms with Crippen LogP contribution in [-0.2, 0) is 0 Å². The predicted molar refractivity (Wildman–Crippen MR) is 100 cm³/mol. The minimum Gasteiger partial charge on any atom is -0.319 e. The Hall–Kier alpha value is 0.267. The molecule has 1 nitrogen and oxygen atoms in total. The lowest BCUT2D eigenvalue weighted by atomic mass is 9.92. The Balaban J connectivity index is 2.35. The lowest BCUT2D eigenvalue weighted by Crippen LogP contribution is -2.61. The number of allylic oxidation sites excluding steroid dienone is 2. The zero-order valence-corrected chi connectivity index (χ0v) is 17.3. The van der Waals surface area contributed by atoms with Gasteiger partial charge in [0.1, 0.15) is 8.24 Å². The van der Waals surface area contributed by atoms with Crippen LogP contribution in [-0.4, -0.2) is 30.1 Å². The van der Waals surface area contributed by atoms with Crippen molar-refractivity contribution in [2.75, 3.05) is 6.54 Å². The molecule has 0 N–H and O–H groups in total. The number of hydrogen-bond acceptors (Lipinski definition) is 2. The van der Waals surface area contributed by atoms with Crippen molar-refractivity contribution in [3.8, 4) is 0 Å². The molecule has 122 valence electrons. The fraction of sp³-hybridized carbons (Fsp3) is 0.889. The topological polar surface area (TPSA) is 3.24 Å². The Morgan fingerprint density at radius 2 is 1.76 bits per heavy atom. The average molecular weight is 326 g/mol. The van der Waals surface area contributed by atoms with E-state index in [0.717, 1.165) is 28.5 Å². The van der Waals surface area contributed by atoms with Gasteiger partial charge >= 0.3 is 0 Å². The zero-order chi connectivity index (χ0) is 16.2. The van der Waals surface area contributed by atoms with Gasteiger partial charge in [-0.3, -0.25) is 0 Å². The van der Waals surface area contributed by atoms with Crippen molar-refractivity contribution >= 4 is 20.0 Å². The van der Waals surface area contributed by atoms with Gasteiger partial charge < -0.3 is 4.57 Å². The van der Waals surface area contributed by atoms with E-state index in [1.54, 1.807) is 4.91 Å². The van der Waals surface area contributed by atoms with Crippen molar-refractivity contribution in [1.82, 2.24) is 4.57 Å². The largest absolute Gasteiger partial charge is 0.319 e. The third-order valence-electron chi connectivity index (χ3n) is 6.12. The van der Waals surface area contributed by atoms with Gasteiger partial charge in [0.2, 0.25) is 0 Å². The maximum Gasteiger partial charge on any atom is 0.127 e. The molecule has 0 amide bonds. The number of fused-ring (bicyclic) bond motifs is 1. The third-order valence-corrected chi connectivity index (χ3v) is 12.6. The summed E-state index contributed by atoms with van der Waals surface area (Å²) in [4.78, 5) is 1.57. The maximum atomic E-state index is 2.87. The molecule has 1 aliphatic heterocycles. The molecule has 0 aromatic rings. The fourth-order valence-corrected chi connectivity index (χ4v) is 13.7. The SMILES string of the molecule is CCN(C(C)(C)C)[Si](C)(C)C1C(C)C(C)C2C=C(C)SC21. The fourth-order valence-electron chi connectivity index (χ4n) is 5.41. The number of nitrogens with zero attached hydrogens (tertiary/aromatic N) is 1. The van der Waals surface area contributed by atoms with E-state index in [1.807, 2.05) is 0 Å². The summed E-state index contributed by atoms with van der Waals surface area (Å²) in [5.74, 6) is 2.52. The Morgan fingerprint density at radius 3 is 2.24 bits per heavy atom. The summed E-state index contributed by atoms with van der Waals surface area (Å²) in [5.41, 5.74) is 1.19. The third kappa shape index (κ3) is 2.90. The normalized spacial score (nSPS) is 37.0. The van der Waals surface area contributed by atoms with Crippen molar-refractivity contribution in [2.45, 2.75) is 77.9 Å². The highest BCUT2D eigenvalue weighted by Gasteiger charge is 2.56. The van der Waals surface area contributed by atoms with Crippen LogP contribution in [0.25, 0.3) is 0 Å². The molecular formula is C18H35NSSi. The molecule has 2 rings (SSSR count). The first-order valence-electron chi connectivity index (χ1n) is 8.64. The molecule has 1 aliphatic carbocycles. The number of thioether (sulfide) groups is 1. The van der Waals surface area contributed by atoms with Crippen LogP contribution in [0, 0.1) is 17.8 Å². The lowest BCUT2D eigenvalue weighted by molar-refractivity contribution is 0.241. The Bertz CT molecular complexity index is 423. The van der Waals surface area contributed by atoms with Crippen LogP contribution in [0.15, 0.2) is 11.0 Å². The van der Waals surface area contributed by atoms with Crippen LogP contribution < -0.4 is 0 Å². The highest BCUT2D eigenvalue weighted by atomic mass is 32.2. The molecule has 1 heterocycles. The molecule has 5 unspecified atom stereocenters. The molecule has 1 fully saturated rings. The minimum atomic E-state index is -1.48. The van der Waals surface area contributed by atoms with Gasteiger partial charge in [0.15, 0.2) is 0 Å². The second kappa shape index (κ2) is 5.72. The summed E-state index contributed by atoms with van der Waals surface area (Å²) in [6, 6.07) is 0. The van der Waals surface area contributed by atoms with E-state index in [-0.39, 0.29) is 5.54 Å². The van der Waals surface area contributed by atoms with Crippen LogP contribution in [0.4, 0.5) is 0 Å². The van der Waals surface area contributed by atoms with Gasteiger partial charge in [0.25, 0.3) is 0 Å². The van der Waals surface area contributed by atoms with E-state index < -0.39 is 8.24 Å². The number of hydrogen-bond donors (Lipinski definition) is 0. The highest BCUT2D eigenvalue weighted by molar-refractivity contribution is 8.04. The van der Waals surface area contributed by atoms with E-state index in [2.05, 4.69) is 84.0 Å². The summed E-state index contributed by atoms with van der Waals surface area (Å²) < 4.78 is 2.87. The standard InChI is InChI=1S/C18H35NSSi/c1-10-19(18(5,6)7)21(8,9)17-14(4)13(3)15-11-12(2)20-16(15)17/h11,13-17H,10H2,1-9H3. The molecule has 3 heteroatoms. The molecule has 1 saturated carbocycles. The summed E-state index contributed by atoms with van der Waals surface area (Å²) >= 11 is 2.19. The van der Waals surface area contributed by atoms with Crippen molar-refractivity contribution < 1.29 is 0 Å². The van der Waals surface area contributed by atoms with Crippen LogP contribution in [0.3, 0.4) is 0 Å². The van der Waals surface area contributed by atoms with E-state index >= 15 is 0 Å². The molecule has 0 saturated heterocycles. The van der Waals surface area contributed by atoms with Crippen molar-refractivity contribution in [1.29, 1.82) is 0 Å². The Labute approximate surface area is 138 Å². The smallest absolute Gasteiger partial charge is 0.127 e. The van der Waals surface area contributed by atoms with Crippen molar-refractivity contribution in [3.05, 3.63) is 11.0 Å². The summed E-state index contributed by atoms with van der Waals surface area (Å²) in [6.07, 6.45) is 2.58. The molecule has 2 aliphatic rings. The second-order valence-electron chi connectivity index (χ2n) is 8.75. The molecule has 0 spiro atoms. The van der Waals surface area contributed by atoms with E-state index in [1.165, 1.54) is 6.54 Å². The summed E-state index contributed by atoms with van der Waals surface area (Å²) in [6.45, 7) is 23.3. The van der Waals surface area contributed by atoms with Gasteiger partial charge in [-0.05, 0) is 62.4 Å². The molecule has 0 aromatic heterocycles. The van der Waals surface area contributed by atoms with Crippen LogP contribution in [0.1, 0.15) is 48.5 Å². The first-order valence-corrected chi connectivity index (χ1v) is 12.5. The minimum absolute atomic E-state index is 0.289. The van der Waals surface area contributed by atoms with E-state index in [0.29, 0.717) is 0 Å². The van der Waals surface area contributed by atoms with Crippen molar-refractivity contribution in [3.63, 3.8) is 0 Å². The van der Waals surface area contributed by atoms with Gasteiger partial charge in [-0.1, -0.05) is 39.9 Å². The highest BCUT2D eigenvalue weighted by Crippen LogP contribution is 2.60. The molecule has 21 heavy (non-hydrogen) atoms. The lowest BCUT2D eigenvalue weighted by Gasteiger charge is -2.51. The van der Waals surface area contributed by atoms with Gasteiger partial charge in [-0.2, -0.15) is 0 Å². The molecule has 0 aromatic carbocycles. The van der Waals surface area contributed by atoms with Crippen LogP contribution >= 0.6 is 11.8 Å². The quantitative estimate of drug-likeness (QED) is 0.621. The average Bonchev–Trinajstić information content (AvgIpc) is 2.76. The van der Waals surface area contributed by atoms with Crippen LogP contribution in [0.2, 0.25) is 18.6 Å². The molecule has 5 atom stereocenters. The van der Waals surface area contributed by atoms with Gasteiger partial charge in [0.05, 0.1) is 0 Å². The van der Waals surface area contributed by atoms with Gasteiger partial charge in [-0.25, -0.2) is 0 Å². The van der Waals surface area contributed by atoms with E-state index in [4.69, 9.17) is 0 Å². The molecule has 0 radical (unpaired) electrons. The summed E-state index contributed by atoms with van der Waals surface area (Å²) in [7, 11) is -1.48. The summed E-state index contributed by atoms with van der Waals surface area (Å²) in [5, 5.41) is 0.841. The Morgan fingerprint density at radius 1 is 1.19 bits per heavy atom.